The van der Waals surface area contributed by atoms with Crippen LogP contribution in [0, 0.1) is 0 Å². The number of hydrogen-bond acceptors (Lipinski definition) is 3. The minimum absolute atomic E-state index is 0.0955. The quantitative estimate of drug-likeness (QED) is 0.741. The lowest BCUT2D eigenvalue weighted by Crippen LogP contribution is -2.08. The molecule has 1 unspecified atom stereocenters. The molecule has 2 rings (SSSR count). The Bertz CT molecular complexity index is 626. The second-order valence-corrected chi connectivity index (χ2v) is 5.44. The van der Waals surface area contributed by atoms with Gasteiger partial charge in [-0.3, -0.25) is 0 Å². The predicted molar refractivity (Wildman–Crippen MR) is 84.0 cm³/mol. The zero-order valence-electron chi connectivity index (χ0n) is 10.9. The summed E-state index contributed by atoms with van der Waals surface area (Å²) in [5, 5.41) is 12.2. The van der Waals surface area contributed by atoms with E-state index in [1.165, 1.54) is 6.07 Å². The summed E-state index contributed by atoms with van der Waals surface area (Å²) in [7, 11) is 0. The molecule has 4 nitrogen and oxygen atoms in total. The van der Waals surface area contributed by atoms with E-state index in [2.05, 4.69) is 21.2 Å². The maximum absolute atomic E-state index is 10.9. The first-order valence-corrected chi connectivity index (χ1v) is 6.91. The molecule has 0 aliphatic rings. The maximum Gasteiger partial charge on any atom is 0.337 e. The van der Waals surface area contributed by atoms with E-state index in [-0.39, 0.29) is 17.3 Å². The van der Waals surface area contributed by atoms with E-state index in [4.69, 9.17) is 10.8 Å². The van der Waals surface area contributed by atoms with Gasteiger partial charge in [0.25, 0.3) is 0 Å². The molecule has 0 aromatic heterocycles. The van der Waals surface area contributed by atoms with Crippen LogP contribution in [0.2, 0.25) is 0 Å². The number of carboxylic acid groups (broad SMARTS) is 1. The van der Waals surface area contributed by atoms with E-state index in [1.54, 1.807) is 12.1 Å². The molecule has 4 N–H and O–H groups in total. The van der Waals surface area contributed by atoms with Gasteiger partial charge in [-0.25, -0.2) is 4.79 Å². The lowest BCUT2D eigenvalue weighted by atomic mass is 10.1. The van der Waals surface area contributed by atoms with Crippen molar-refractivity contribution in [2.45, 2.75) is 13.0 Å². The molecule has 0 radical (unpaired) electrons. The Morgan fingerprint density at radius 1 is 1.25 bits per heavy atom. The van der Waals surface area contributed by atoms with Crippen LogP contribution in [0.15, 0.2) is 46.9 Å². The van der Waals surface area contributed by atoms with Gasteiger partial charge in [0, 0.05) is 21.9 Å². The Morgan fingerprint density at radius 3 is 2.45 bits per heavy atom. The normalized spacial score (nSPS) is 11.9. The summed E-state index contributed by atoms with van der Waals surface area (Å²) in [5.41, 5.74) is 8.03. The highest BCUT2D eigenvalue weighted by molar-refractivity contribution is 9.10. The molecule has 2 aromatic rings. The van der Waals surface area contributed by atoms with Crippen LogP contribution in [-0.4, -0.2) is 11.1 Å². The third-order valence-electron chi connectivity index (χ3n) is 3.04. The van der Waals surface area contributed by atoms with Gasteiger partial charge in [-0.1, -0.05) is 28.1 Å². The van der Waals surface area contributed by atoms with Crippen LogP contribution in [0.1, 0.15) is 28.9 Å². The molecule has 0 spiro atoms. The molecular formula is C15H15BrN2O2. The number of anilines is 2. The summed E-state index contributed by atoms with van der Waals surface area (Å²) in [6.45, 7) is 2.03. The minimum atomic E-state index is -1.02. The number of carbonyl (C=O) groups is 1. The Balaban J connectivity index is 2.15. The number of aromatic carboxylic acids is 1. The van der Waals surface area contributed by atoms with Crippen LogP contribution in [-0.2, 0) is 0 Å². The number of nitrogen functional groups attached to an aromatic ring is 1. The highest BCUT2D eigenvalue weighted by Crippen LogP contribution is 2.24. The van der Waals surface area contributed by atoms with Crippen LogP contribution < -0.4 is 11.1 Å². The lowest BCUT2D eigenvalue weighted by Gasteiger charge is -2.16. The number of rotatable bonds is 4. The lowest BCUT2D eigenvalue weighted by molar-refractivity contribution is 0.0698. The van der Waals surface area contributed by atoms with Gasteiger partial charge in [0.05, 0.1) is 5.56 Å². The number of halogens is 1. The highest BCUT2D eigenvalue weighted by atomic mass is 79.9. The Kier molecular flexibility index (Phi) is 4.29. The monoisotopic (exact) mass is 334 g/mol. The van der Waals surface area contributed by atoms with Gasteiger partial charge in [0.1, 0.15) is 0 Å². The van der Waals surface area contributed by atoms with E-state index in [0.717, 1.165) is 15.7 Å². The average molecular weight is 335 g/mol. The number of hydrogen-bond donors (Lipinski definition) is 3. The number of carboxylic acids is 1. The highest BCUT2D eigenvalue weighted by Gasteiger charge is 2.10. The van der Waals surface area contributed by atoms with Crippen molar-refractivity contribution in [3.05, 3.63) is 58.1 Å². The second kappa shape index (κ2) is 5.96. The van der Waals surface area contributed by atoms with Crippen molar-refractivity contribution in [3.8, 4) is 0 Å². The van der Waals surface area contributed by atoms with Crippen LogP contribution in [0.25, 0.3) is 0 Å². The molecule has 2 aromatic carbocycles. The van der Waals surface area contributed by atoms with E-state index in [1.807, 2.05) is 31.2 Å². The smallest absolute Gasteiger partial charge is 0.337 e. The van der Waals surface area contributed by atoms with Gasteiger partial charge < -0.3 is 16.2 Å². The van der Waals surface area contributed by atoms with Gasteiger partial charge in [0.2, 0.25) is 0 Å². The van der Waals surface area contributed by atoms with Crippen LogP contribution >= 0.6 is 15.9 Å². The number of benzene rings is 2. The fourth-order valence-corrected chi connectivity index (χ4v) is 2.20. The van der Waals surface area contributed by atoms with Crippen LogP contribution in [0.5, 0.6) is 0 Å². The van der Waals surface area contributed by atoms with E-state index < -0.39 is 5.97 Å². The van der Waals surface area contributed by atoms with Crippen molar-refractivity contribution >= 4 is 33.3 Å². The first-order chi connectivity index (χ1) is 9.47. The fraction of sp³-hybridized carbons (Fsp3) is 0.133. The third-order valence-corrected chi connectivity index (χ3v) is 3.56. The molecule has 1 atom stereocenters. The zero-order valence-corrected chi connectivity index (χ0v) is 12.5. The molecule has 0 amide bonds. The summed E-state index contributed by atoms with van der Waals surface area (Å²) >= 11 is 3.40. The third kappa shape index (κ3) is 3.30. The molecular weight excluding hydrogens is 320 g/mol. The molecule has 0 saturated carbocycles. The first-order valence-electron chi connectivity index (χ1n) is 6.12. The van der Waals surface area contributed by atoms with Gasteiger partial charge in [-0.2, -0.15) is 0 Å². The van der Waals surface area contributed by atoms with Crippen molar-refractivity contribution in [2.75, 3.05) is 11.1 Å². The van der Waals surface area contributed by atoms with Crippen LogP contribution in [0.4, 0.5) is 11.4 Å². The average Bonchev–Trinajstić information content (AvgIpc) is 2.39. The van der Waals surface area contributed by atoms with Crippen molar-refractivity contribution in [1.29, 1.82) is 0 Å². The van der Waals surface area contributed by atoms with E-state index in [9.17, 15) is 4.79 Å². The fourth-order valence-electron chi connectivity index (χ4n) is 1.93. The van der Waals surface area contributed by atoms with Crippen LogP contribution in [0.3, 0.4) is 0 Å². The summed E-state index contributed by atoms with van der Waals surface area (Å²) in [5.74, 6) is -1.02. The molecule has 104 valence electrons. The van der Waals surface area contributed by atoms with Crippen molar-refractivity contribution in [2.24, 2.45) is 0 Å². The molecule has 20 heavy (non-hydrogen) atoms. The number of nitrogens with two attached hydrogens (primary N) is 1. The van der Waals surface area contributed by atoms with E-state index >= 15 is 0 Å². The standard InChI is InChI=1S/C15H15BrN2O2/c1-9(10-2-4-11(16)5-3-10)18-12-6-7-13(15(19)20)14(17)8-12/h2-9,18H,17H2,1H3,(H,19,20). The molecule has 5 heteroatoms. The van der Waals surface area contributed by atoms with Crippen molar-refractivity contribution < 1.29 is 9.90 Å². The summed E-state index contributed by atoms with van der Waals surface area (Å²) in [6, 6.07) is 13.0. The summed E-state index contributed by atoms with van der Waals surface area (Å²) < 4.78 is 1.03. The molecule has 0 saturated heterocycles. The summed E-state index contributed by atoms with van der Waals surface area (Å²) in [6.07, 6.45) is 0. The van der Waals surface area contributed by atoms with Crippen molar-refractivity contribution in [3.63, 3.8) is 0 Å². The van der Waals surface area contributed by atoms with Gasteiger partial charge >= 0.3 is 5.97 Å². The number of nitrogens with one attached hydrogen (secondary N) is 1. The Hall–Kier alpha value is -2.01. The Morgan fingerprint density at radius 2 is 1.90 bits per heavy atom. The maximum atomic E-state index is 10.9. The summed E-state index contributed by atoms with van der Waals surface area (Å²) in [4.78, 5) is 10.9. The van der Waals surface area contributed by atoms with Crippen molar-refractivity contribution in [1.82, 2.24) is 0 Å². The topological polar surface area (TPSA) is 75.3 Å². The van der Waals surface area contributed by atoms with Gasteiger partial charge in [-0.15, -0.1) is 0 Å². The molecule has 0 aliphatic carbocycles. The first kappa shape index (κ1) is 14.4. The zero-order chi connectivity index (χ0) is 14.7. The predicted octanol–water partition coefficient (Wildman–Crippen LogP) is 3.90. The largest absolute Gasteiger partial charge is 0.478 e. The molecule has 0 heterocycles. The Labute approximate surface area is 125 Å². The molecule has 0 fully saturated rings. The van der Waals surface area contributed by atoms with Gasteiger partial charge in [-0.05, 0) is 42.8 Å². The molecule has 0 aliphatic heterocycles. The SMILES string of the molecule is CC(Nc1ccc(C(=O)O)c(N)c1)c1ccc(Br)cc1. The van der Waals surface area contributed by atoms with E-state index in [0.29, 0.717) is 0 Å². The van der Waals surface area contributed by atoms with Gasteiger partial charge in [0.15, 0.2) is 0 Å². The molecule has 0 bridgehead atoms. The second-order valence-electron chi connectivity index (χ2n) is 4.52. The minimum Gasteiger partial charge on any atom is -0.478 e.